The molecule has 1 atom stereocenters. The van der Waals surface area contributed by atoms with E-state index < -0.39 is 11.7 Å². The zero-order valence-corrected chi connectivity index (χ0v) is 16.2. The third-order valence-corrected chi connectivity index (χ3v) is 4.47. The molecule has 1 aromatic heterocycles. The van der Waals surface area contributed by atoms with Crippen LogP contribution in [0.5, 0.6) is 5.75 Å². The molecule has 0 bridgehead atoms. The van der Waals surface area contributed by atoms with E-state index in [9.17, 15) is 18.3 Å². The molecule has 1 heterocycles. The molecule has 0 fully saturated rings. The normalized spacial score (nSPS) is 13.1. The number of anilines is 1. The van der Waals surface area contributed by atoms with Crippen LogP contribution < -0.4 is 11.1 Å². The quantitative estimate of drug-likeness (QED) is 0.549. The minimum Gasteiger partial charge on any atom is -0.507 e. The highest BCUT2D eigenvalue weighted by molar-refractivity contribution is 5.91. The Bertz CT molecular complexity index is 1000. The van der Waals surface area contributed by atoms with Crippen LogP contribution in [0, 0.1) is 5.92 Å². The molecule has 0 spiro atoms. The number of hydrogen-bond acceptors (Lipinski definition) is 5. The van der Waals surface area contributed by atoms with E-state index in [-0.39, 0.29) is 23.2 Å². The summed E-state index contributed by atoms with van der Waals surface area (Å²) < 4.78 is 39.3. The maximum absolute atomic E-state index is 13.1. The number of nitrogens with two attached hydrogens (primary N) is 1. The van der Waals surface area contributed by atoms with Crippen molar-refractivity contribution in [2.75, 3.05) is 11.9 Å². The van der Waals surface area contributed by atoms with E-state index in [0.717, 1.165) is 30.0 Å². The molecule has 29 heavy (non-hydrogen) atoms. The topological polar surface area (TPSA) is 84.1 Å². The minimum atomic E-state index is -4.54. The Labute approximate surface area is 166 Å². The number of phenolic OH excluding ortho intramolecular Hbond substituents is 1. The van der Waals surface area contributed by atoms with Crippen LogP contribution in [-0.2, 0) is 6.18 Å². The zero-order chi connectivity index (χ0) is 21.2. The van der Waals surface area contributed by atoms with Crippen molar-refractivity contribution in [3.8, 4) is 17.1 Å². The van der Waals surface area contributed by atoms with E-state index >= 15 is 0 Å². The van der Waals surface area contributed by atoms with Crippen molar-refractivity contribution in [3.63, 3.8) is 0 Å². The number of hydrogen-bond donors (Lipinski definition) is 3. The van der Waals surface area contributed by atoms with E-state index in [1.807, 2.05) is 12.1 Å². The number of benzene rings is 2. The second kappa shape index (κ2) is 8.24. The van der Waals surface area contributed by atoms with Crippen LogP contribution in [-0.4, -0.2) is 27.7 Å². The maximum atomic E-state index is 13.1. The fourth-order valence-corrected chi connectivity index (χ4v) is 3.14. The van der Waals surface area contributed by atoms with Gasteiger partial charge in [0.15, 0.2) is 5.82 Å². The summed E-state index contributed by atoms with van der Waals surface area (Å²) in [6.07, 6.45) is -3.72. The monoisotopic (exact) mass is 404 g/mol. The van der Waals surface area contributed by atoms with E-state index in [1.54, 1.807) is 12.1 Å². The van der Waals surface area contributed by atoms with E-state index in [0.29, 0.717) is 23.8 Å². The van der Waals surface area contributed by atoms with Crippen molar-refractivity contribution in [1.29, 1.82) is 0 Å². The van der Waals surface area contributed by atoms with Crippen molar-refractivity contribution in [3.05, 3.63) is 48.0 Å². The van der Waals surface area contributed by atoms with Gasteiger partial charge in [0.25, 0.3) is 0 Å². The molecule has 154 valence electrons. The minimum absolute atomic E-state index is 0.00670. The Morgan fingerprint density at radius 1 is 1.10 bits per heavy atom. The van der Waals surface area contributed by atoms with Crippen LogP contribution in [0.15, 0.2) is 42.5 Å². The van der Waals surface area contributed by atoms with Gasteiger partial charge in [-0.1, -0.05) is 26.0 Å². The third kappa shape index (κ3) is 4.95. The lowest BCUT2D eigenvalue weighted by molar-refractivity contribution is -0.137. The van der Waals surface area contributed by atoms with Crippen molar-refractivity contribution >= 4 is 16.7 Å². The molecule has 0 radical (unpaired) electrons. The van der Waals surface area contributed by atoms with Gasteiger partial charge in [-0.05, 0) is 42.7 Å². The van der Waals surface area contributed by atoms with Crippen molar-refractivity contribution < 1.29 is 18.3 Å². The highest BCUT2D eigenvalue weighted by Crippen LogP contribution is 2.36. The Balaban J connectivity index is 2.04. The molecule has 5 nitrogen and oxygen atoms in total. The van der Waals surface area contributed by atoms with Gasteiger partial charge in [-0.2, -0.15) is 13.2 Å². The Morgan fingerprint density at radius 3 is 2.52 bits per heavy atom. The van der Waals surface area contributed by atoms with Crippen molar-refractivity contribution in [2.24, 2.45) is 11.7 Å². The van der Waals surface area contributed by atoms with E-state index in [1.165, 1.54) is 0 Å². The van der Waals surface area contributed by atoms with Crippen LogP contribution in [0.1, 0.15) is 25.8 Å². The summed E-state index contributed by atoms with van der Waals surface area (Å²) in [6.45, 7) is 4.61. The molecule has 0 saturated carbocycles. The SMILES string of the molecule is CC(C)C[C@H](N)CNc1nc(-c2cc(C(F)(F)F)ccc2O)nc2ccccc12. The molecule has 0 amide bonds. The lowest BCUT2D eigenvalue weighted by Gasteiger charge is -2.17. The summed E-state index contributed by atoms with van der Waals surface area (Å²) in [5, 5.41) is 14.1. The summed E-state index contributed by atoms with van der Waals surface area (Å²) in [5.41, 5.74) is 5.72. The van der Waals surface area contributed by atoms with Crippen LogP contribution in [0.2, 0.25) is 0 Å². The first kappa shape index (κ1) is 20.9. The molecule has 3 aromatic rings. The maximum Gasteiger partial charge on any atom is 0.416 e. The predicted molar refractivity (Wildman–Crippen MR) is 108 cm³/mol. The van der Waals surface area contributed by atoms with Crippen molar-refractivity contribution in [1.82, 2.24) is 9.97 Å². The Kier molecular flexibility index (Phi) is 5.93. The van der Waals surface area contributed by atoms with E-state index in [2.05, 4.69) is 29.1 Å². The Morgan fingerprint density at radius 2 is 1.83 bits per heavy atom. The predicted octanol–water partition coefficient (Wildman–Crippen LogP) is 4.81. The molecule has 0 aliphatic rings. The first-order valence-corrected chi connectivity index (χ1v) is 9.32. The van der Waals surface area contributed by atoms with Crippen LogP contribution >= 0.6 is 0 Å². The van der Waals surface area contributed by atoms with Gasteiger partial charge < -0.3 is 16.2 Å². The number of halogens is 3. The fraction of sp³-hybridized carbons (Fsp3) is 0.333. The molecule has 0 unspecified atom stereocenters. The number of aromatic nitrogens is 2. The van der Waals surface area contributed by atoms with E-state index in [4.69, 9.17) is 5.73 Å². The van der Waals surface area contributed by atoms with Gasteiger partial charge in [0, 0.05) is 18.0 Å². The smallest absolute Gasteiger partial charge is 0.416 e. The molecule has 0 aliphatic carbocycles. The van der Waals surface area contributed by atoms with Gasteiger partial charge in [-0.15, -0.1) is 0 Å². The molecular formula is C21H23F3N4O. The average Bonchev–Trinajstić information content (AvgIpc) is 2.64. The average molecular weight is 404 g/mol. The summed E-state index contributed by atoms with van der Waals surface area (Å²) >= 11 is 0. The number of fused-ring (bicyclic) bond motifs is 1. The summed E-state index contributed by atoms with van der Waals surface area (Å²) in [7, 11) is 0. The number of nitrogens with one attached hydrogen (secondary N) is 1. The number of phenols is 1. The number of alkyl halides is 3. The lowest BCUT2D eigenvalue weighted by atomic mass is 10.0. The highest BCUT2D eigenvalue weighted by atomic mass is 19.4. The lowest BCUT2D eigenvalue weighted by Crippen LogP contribution is -2.30. The fourth-order valence-electron chi connectivity index (χ4n) is 3.14. The van der Waals surface area contributed by atoms with Crippen LogP contribution in [0.3, 0.4) is 0 Å². The third-order valence-electron chi connectivity index (χ3n) is 4.47. The number of nitrogens with zero attached hydrogens (tertiary/aromatic N) is 2. The summed E-state index contributed by atoms with van der Waals surface area (Å²) in [6, 6.07) is 9.74. The van der Waals surface area contributed by atoms with Gasteiger partial charge >= 0.3 is 6.18 Å². The molecule has 3 rings (SSSR count). The standard InChI is InChI=1S/C21H23F3N4O/c1-12(2)9-14(25)11-26-19-15-5-3-4-6-17(15)27-20(28-19)16-10-13(21(22,23)24)7-8-18(16)29/h3-8,10,12,14,29H,9,11,25H2,1-2H3,(H,26,27,28)/t14-/m0/s1. The molecule has 8 heteroatoms. The number of aromatic hydroxyl groups is 1. The van der Waals surface area contributed by atoms with Gasteiger partial charge in [-0.3, -0.25) is 0 Å². The summed E-state index contributed by atoms with van der Waals surface area (Å²) in [5.74, 6) is 0.580. The van der Waals surface area contributed by atoms with Gasteiger partial charge in [0.05, 0.1) is 16.6 Å². The second-order valence-electron chi connectivity index (χ2n) is 7.41. The number of para-hydroxylation sites is 1. The Hall–Kier alpha value is -2.87. The summed E-state index contributed by atoms with van der Waals surface area (Å²) in [4.78, 5) is 8.76. The number of rotatable bonds is 6. The van der Waals surface area contributed by atoms with Crippen LogP contribution in [0.25, 0.3) is 22.3 Å². The molecule has 2 aromatic carbocycles. The van der Waals surface area contributed by atoms with Gasteiger partial charge in [-0.25, -0.2) is 9.97 Å². The van der Waals surface area contributed by atoms with Crippen LogP contribution in [0.4, 0.5) is 19.0 Å². The van der Waals surface area contributed by atoms with Gasteiger partial charge in [0.2, 0.25) is 0 Å². The molecule has 0 aliphatic heterocycles. The first-order valence-electron chi connectivity index (χ1n) is 9.32. The first-order chi connectivity index (χ1) is 13.6. The van der Waals surface area contributed by atoms with Crippen molar-refractivity contribution in [2.45, 2.75) is 32.5 Å². The largest absolute Gasteiger partial charge is 0.507 e. The molecule has 4 N–H and O–H groups in total. The molecular weight excluding hydrogens is 381 g/mol. The second-order valence-corrected chi connectivity index (χ2v) is 7.41. The highest BCUT2D eigenvalue weighted by Gasteiger charge is 2.31. The zero-order valence-electron chi connectivity index (χ0n) is 16.2. The molecule has 0 saturated heterocycles. The van der Waals surface area contributed by atoms with Gasteiger partial charge in [0.1, 0.15) is 11.6 Å².